The minimum absolute atomic E-state index is 0.165. The molecular formula is C12H20N2O. The van der Waals surface area contributed by atoms with Gasteiger partial charge in [0.15, 0.2) is 0 Å². The lowest BCUT2D eigenvalue weighted by Gasteiger charge is -2.40. The minimum Gasteiger partial charge on any atom is -0.396 e. The first-order valence-electron chi connectivity index (χ1n) is 5.82. The Morgan fingerprint density at radius 3 is 2.67 bits per heavy atom. The molecule has 1 aromatic rings. The van der Waals surface area contributed by atoms with Gasteiger partial charge in [0.25, 0.3) is 0 Å². The van der Waals surface area contributed by atoms with Gasteiger partial charge in [0.1, 0.15) is 0 Å². The van der Waals surface area contributed by atoms with Gasteiger partial charge in [-0.1, -0.05) is 13.3 Å². The van der Waals surface area contributed by atoms with Crippen LogP contribution in [0.15, 0.2) is 6.07 Å². The van der Waals surface area contributed by atoms with E-state index in [-0.39, 0.29) is 5.41 Å². The molecule has 1 aliphatic carbocycles. The van der Waals surface area contributed by atoms with Crippen LogP contribution in [-0.4, -0.2) is 21.5 Å². The molecule has 0 radical (unpaired) electrons. The molecule has 3 nitrogen and oxygen atoms in total. The molecule has 0 amide bonds. The average Bonchev–Trinajstić information content (AvgIpc) is 2.53. The van der Waals surface area contributed by atoms with Crippen LogP contribution in [0, 0.1) is 5.41 Å². The number of hydrogen-bond acceptors (Lipinski definition) is 2. The van der Waals surface area contributed by atoms with Crippen molar-refractivity contribution in [2.45, 2.75) is 39.0 Å². The summed E-state index contributed by atoms with van der Waals surface area (Å²) in [6.45, 7) is 2.44. The molecule has 1 fully saturated rings. The fraction of sp³-hybridized carbons (Fsp3) is 0.750. The van der Waals surface area contributed by atoms with Gasteiger partial charge in [0.05, 0.1) is 5.69 Å². The molecule has 2 rings (SSSR count). The van der Waals surface area contributed by atoms with Gasteiger partial charge in [0, 0.05) is 19.3 Å². The van der Waals surface area contributed by atoms with Crippen molar-refractivity contribution >= 4 is 0 Å². The lowest BCUT2D eigenvalue weighted by atomic mass is 9.66. The van der Waals surface area contributed by atoms with Crippen LogP contribution in [-0.2, 0) is 19.9 Å². The summed E-state index contributed by atoms with van der Waals surface area (Å²) in [6.07, 6.45) is 5.55. The average molecular weight is 208 g/mol. The number of nitrogens with zero attached hydrogens (tertiary/aromatic N) is 2. The van der Waals surface area contributed by atoms with E-state index < -0.39 is 0 Å². The zero-order chi connectivity index (χ0) is 10.9. The minimum atomic E-state index is 0.165. The molecule has 1 heterocycles. The summed E-state index contributed by atoms with van der Waals surface area (Å²) in [7, 11) is 2.00. The summed E-state index contributed by atoms with van der Waals surface area (Å²) in [5, 5.41) is 13.9. The Labute approximate surface area is 91.1 Å². The second kappa shape index (κ2) is 3.97. The standard InChI is InChI=1S/C12H20N2O/c1-3-10-7-11(14(2)13-10)8-12(9-15)5-4-6-12/h7,15H,3-6,8-9H2,1-2H3. The van der Waals surface area contributed by atoms with Crippen molar-refractivity contribution in [1.82, 2.24) is 9.78 Å². The summed E-state index contributed by atoms with van der Waals surface area (Å²) < 4.78 is 1.97. The van der Waals surface area contributed by atoms with Crippen LogP contribution >= 0.6 is 0 Å². The maximum Gasteiger partial charge on any atom is 0.0624 e. The highest BCUT2D eigenvalue weighted by atomic mass is 16.3. The molecule has 0 aliphatic heterocycles. The molecule has 1 aliphatic rings. The molecule has 1 N–H and O–H groups in total. The molecule has 0 bridgehead atoms. The van der Waals surface area contributed by atoms with Gasteiger partial charge in [-0.05, 0) is 37.2 Å². The van der Waals surface area contributed by atoms with Gasteiger partial charge in [0.2, 0.25) is 0 Å². The van der Waals surface area contributed by atoms with Gasteiger partial charge in [-0.25, -0.2) is 0 Å². The van der Waals surface area contributed by atoms with Crippen LogP contribution in [0.5, 0.6) is 0 Å². The van der Waals surface area contributed by atoms with Crippen molar-refractivity contribution in [2.75, 3.05) is 6.61 Å². The maximum absolute atomic E-state index is 9.42. The van der Waals surface area contributed by atoms with E-state index in [0.717, 1.165) is 31.4 Å². The monoisotopic (exact) mass is 208 g/mol. The first kappa shape index (κ1) is 10.7. The molecule has 84 valence electrons. The number of rotatable bonds is 4. The van der Waals surface area contributed by atoms with Crippen LogP contribution in [0.25, 0.3) is 0 Å². The number of aliphatic hydroxyl groups excluding tert-OH is 1. The van der Waals surface area contributed by atoms with Gasteiger partial charge in [-0.3, -0.25) is 4.68 Å². The van der Waals surface area contributed by atoms with E-state index in [2.05, 4.69) is 18.1 Å². The normalized spacial score (nSPS) is 18.9. The zero-order valence-electron chi connectivity index (χ0n) is 9.66. The van der Waals surface area contributed by atoms with Crippen LogP contribution in [0.4, 0.5) is 0 Å². The topological polar surface area (TPSA) is 38.0 Å². The van der Waals surface area contributed by atoms with Crippen LogP contribution in [0.3, 0.4) is 0 Å². The Hall–Kier alpha value is -0.830. The number of aryl methyl sites for hydroxylation is 2. The molecule has 3 heteroatoms. The fourth-order valence-corrected chi connectivity index (χ4v) is 2.36. The first-order valence-corrected chi connectivity index (χ1v) is 5.82. The largest absolute Gasteiger partial charge is 0.396 e. The van der Waals surface area contributed by atoms with Crippen molar-refractivity contribution in [3.63, 3.8) is 0 Å². The van der Waals surface area contributed by atoms with Gasteiger partial charge in [-0.15, -0.1) is 0 Å². The van der Waals surface area contributed by atoms with Crippen LogP contribution in [0.2, 0.25) is 0 Å². The van der Waals surface area contributed by atoms with E-state index in [0.29, 0.717) is 6.61 Å². The summed E-state index contributed by atoms with van der Waals surface area (Å²) in [6, 6.07) is 2.18. The Balaban J connectivity index is 2.12. The van der Waals surface area contributed by atoms with Crippen molar-refractivity contribution in [2.24, 2.45) is 12.5 Å². The number of aromatic nitrogens is 2. The summed E-state index contributed by atoms with van der Waals surface area (Å²) >= 11 is 0. The highest BCUT2D eigenvalue weighted by Gasteiger charge is 2.37. The quantitative estimate of drug-likeness (QED) is 0.817. The summed E-state index contributed by atoms with van der Waals surface area (Å²) in [5.41, 5.74) is 2.58. The van der Waals surface area contributed by atoms with Gasteiger partial charge in [-0.2, -0.15) is 5.10 Å². The fourth-order valence-electron chi connectivity index (χ4n) is 2.36. The molecule has 0 aromatic carbocycles. The van der Waals surface area contributed by atoms with E-state index in [4.69, 9.17) is 0 Å². The van der Waals surface area contributed by atoms with Crippen molar-refractivity contribution in [3.05, 3.63) is 17.5 Å². The van der Waals surface area contributed by atoms with Crippen molar-refractivity contribution in [1.29, 1.82) is 0 Å². The van der Waals surface area contributed by atoms with Gasteiger partial charge >= 0.3 is 0 Å². The van der Waals surface area contributed by atoms with Gasteiger partial charge < -0.3 is 5.11 Å². The lowest BCUT2D eigenvalue weighted by Crippen LogP contribution is -2.36. The molecular weight excluding hydrogens is 188 g/mol. The SMILES string of the molecule is CCc1cc(CC2(CO)CCC2)n(C)n1. The first-order chi connectivity index (χ1) is 7.19. The molecule has 1 saturated carbocycles. The third-order valence-corrected chi connectivity index (χ3v) is 3.70. The molecule has 0 spiro atoms. The molecule has 15 heavy (non-hydrogen) atoms. The van der Waals surface area contributed by atoms with Crippen LogP contribution < -0.4 is 0 Å². The van der Waals surface area contributed by atoms with Crippen molar-refractivity contribution in [3.8, 4) is 0 Å². The third kappa shape index (κ3) is 1.93. The number of hydrogen-bond donors (Lipinski definition) is 1. The van der Waals surface area contributed by atoms with E-state index in [1.807, 2.05) is 11.7 Å². The Morgan fingerprint density at radius 1 is 1.53 bits per heavy atom. The smallest absolute Gasteiger partial charge is 0.0624 e. The maximum atomic E-state index is 9.42. The lowest BCUT2D eigenvalue weighted by molar-refractivity contribution is 0.0433. The Kier molecular flexibility index (Phi) is 2.83. The third-order valence-electron chi connectivity index (χ3n) is 3.70. The summed E-state index contributed by atoms with van der Waals surface area (Å²) in [5.74, 6) is 0. The molecule has 1 aromatic heterocycles. The second-order valence-electron chi connectivity index (χ2n) is 4.79. The summed E-state index contributed by atoms with van der Waals surface area (Å²) in [4.78, 5) is 0. The second-order valence-corrected chi connectivity index (χ2v) is 4.79. The Bertz CT molecular complexity index is 334. The molecule has 0 atom stereocenters. The predicted octanol–water partition coefficient (Wildman–Crippen LogP) is 1.69. The highest BCUT2D eigenvalue weighted by molar-refractivity contribution is 5.13. The van der Waals surface area contributed by atoms with E-state index in [1.54, 1.807) is 0 Å². The van der Waals surface area contributed by atoms with E-state index >= 15 is 0 Å². The highest BCUT2D eigenvalue weighted by Crippen LogP contribution is 2.43. The molecule has 0 saturated heterocycles. The van der Waals surface area contributed by atoms with E-state index in [1.165, 1.54) is 12.1 Å². The molecule has 0 unspecified atom stereocenters. The zero-order valence-corrected chi connectivity index (χ0v) is 9.66. The van der Waals surface area contributed by atoms with E-state index in [9.17, 15) is 5.11 Å². The predicted molar refractivity (Wildman–Crippen MR) is 59.7 cm³/mol. The van der Waals surface area contributed by atoms with Crippen LogP contribution in [0.1, 0.15) is 37.6 Å². The Morgan fingerprint density at radius 2 is 2.27 bits per heavy atom. The van der Waals surface area contributed by atoms with Crippen molar-refractivity contribution < 1.29 is 5.11 Å². The number of aliphatic hydroxyl groups is 1.